The normalized spacial score (nSPS) is 10.4. The maximum Gasteiger partial charge on any atom is 0.161 e. The summed E-state index contributed by atoms with van der Waals surface area (Å²) in [5.74, 6) is 0.0897. The Morgan fingerprint density at radius 1 is 1.24 bits per heavy atom. The van der Waals surface area contributed by atoms with Crippen LogP contribution in [0.15, 0.2) is 34.7 Å². The van der Waals surface area contributed by atoms with Crippen LogP contribution < -0.4 is 14.6 Å². The van der Waals surface area contributed by atoms with Gasteiger partial charge in [-0.25, -0.2) is 0 Å². The van der Waals surface area contributed by atoms with E-state index in [-0.39, 0.29) is 12.4 Å². The summed E-state index contributed by atoms with van der Waals surface area (Å²) in [5.41, 5.74) is 1.18. The number of aryl methyl sites for hydroxylation is 1. The monoisotopic (exact) mass is 289 g/mol. The lowest BCUT2D eigenvalue weighted by molar-refractivity contribution is -0.257. The highest BCUT2D eigenvalue weighted by Gasteiger charge is 2.08. The summed E-state index contributed by atoms with van der Waals surface area (Å²) in [5, 5.41) is 10.6. The Kier molecular flexibility index (Phi) is 4.87. The zero-order valence-electron chi connectivity index (χ0n) is 12.0. The molecule has 112 valence electrons. The number of hydrogen-bond donors (Lipinski definition) is 0. The van der Waals surface area contributed by atoms with Crippen LogP contribution >= 0.6 is 0 Å². The summed E-state index contributed by atoms with van der Waals surface area (Å²) in [6.45, 7) is 2.24. The van der Waals surface area contributed by atoms with Gasteiger partial charge in [0.05, 0.1) is 7.11 Å². The third-order valence-corrected chi connectivity index (χ3v) is 3.00. The first-order valence-corrected chi connectivity index (χ1v) is 6.73. The third-order valence-electron chi connectivity index (χ3n) is 3.00. The minimum atomic E-state index is -1.34. The maximum atomic E-state index is 10.6. The Bertz CT molecular complexity index is 615. The lowest BCUT2D eigenvalue weighted by atomic mass is 10.1. The van der Waals surface area contributed by atoms with Crippen LogP contribution in [0.5, 0.6) is 11.5 Å². The lowest BCUT2D eigenvalue weighted by Gasteiger charge is -2.11. The van der Waals surface area contributed by atoms with E-state index in [4.69, 9.17) is 13.9 Å². The molecule has 1 aromatic heterocycles. The van der Waals surface area contributed by atoms with E-state index in [0.29, 0.717) is 17.3 Å². The third kappa shape index (κ3) is 3.78. The predicted molar refractivity (Wildman–Crippen MR) is 74.4 cm³/mol. The van der Waals surface area contributed by atoms with Crippen LogP contribution in [0.2, 0.25) is 0 Å². The Hall–Kier alpha value is -2.43. The van der Waals surface area contributed by atoms with Crippen molar-refractivity contribution in [2.75, 3.05) is 7.11 Å². The molecule has 1 heterocycles. The molecule has 2 aromatic rings. The fourth-order valence-electron chi connectivity index (χ4n) is 1.99. The quantitative estimate of drug-likeness (QED) is 0.781. The number of methoxy groups -OCH3 is 1. The Balaban J connectivity index is 2.06. The average Bonchev–Trinajstić information content (AvgIpc) is 2.95. The van der Waals surface area contributed by atoms with Crippen molar-refractivity contribution in [2.45, 2.75) is 26.4 Å². The molecule has 0 radical (unpaired) electrons. The van der Waals surface area contributed by atoms with Gasteiger partial charge in [0.2, 0.25) is 0 Å². The van der Waals surface area contributed by atoms with Crippen molar-refractivity contribution < 1.29 is 23.8 Å². The summed E-state index contributed by atoms with van der Waals surface area (Å²) in [6, 6.07) is 8.65. The molecule has 21 heavy (non-hydrogen) atoms. The van der Waals surface area contributed by atoms with Crippen molar-refractivity contribution in [1.29, 1.82) is 0 Å². The van der Waals surface area contributed by atoms with E-state index < -0.39 is 5.97 Å². The molecule has 0 saturated heterocycles. The fraction of sp³-hybridized carbons (Fsp3) is 0.312. The average molecular weight is 289 g/mol. The zero-order chi connectivity index (χ0) is 15.2. The number of aromatic carboxylic acids is 1. The summed E-state index contributed by atoms with van der Waals surface area (Å²) >= 11 is 0. The fourth-order valence-corrected chi connectivity index (χ4v) is 1.99. The Morgan fingerprint density at radius 3 is 2.67 bits per heavy atom. The number of carboxylic acids is 1. The van der Waals surface area contributed by atoms with Crippen molar-refractivity contribution in [3.8, 4) is 11.5 Å². The number of hydrogen-bond acceptors (Lipinski definition) is 5. The number of carbonyl (C=O) groups excluding carboxylic acids is 1. The van der Waals surface area contributed by atoms with Crippen LogP contribution in [-0.4, -0.2) is 13.1 Å². The van der Waals surface area contributed by atoms with E-state index >= 15 is 0 Å². The van der Waals surface area contributed by atoms with Crippen molar-refractivity contribution in [3.63, 3.8) is 0 Å². The van der Waals surface area contributed by atoms with Crippen LogP contribution in [0.25, 0.3) is 0 Å². The molecular formula is C16H17O5-. The SMILES string of the molecule is CCCc1ccc(OCc2ccc(C(=O)[O-])o2)c(OC)c1. The first kappa shape index (κ1) is 15.0. The molecular weight excluding hydrogens is 272 g/mol. The van der Waals surface area contributed by atoms with Gasteiger partial charge in [0, 0.05) is 0 Å². The smallest absolute Gasteiger partial charge is 0.161 e. The molecule has 0 unspecified atom stereocenters. The standard InChI is InChI=1S/C16H18O5/c1-3-4-11-5-7-13(15(9-11)19-2)20-10-12-6-8-14(21-12)16(17)18/h5-9H,3-4,10H2,1-2H3,(H,17,18)/p-1. The van der Waals surface area contributed by atoms with Gasteiger partial charge < -0.3 is 23.8 Å². The van der Waals surface area contributed by atoms with Crippen LogP contribution in [-0.2, 0) is 13.0 Å². The summed E-state index contributed by atoms with van der Waals surface area (Å²) < 4.78 is 16.0. The van der Waals surface area contributed by atoms with Gasteiger partial charge in [-0.05, 0) is 36.2 Å². The second-order valence-electron chi connectivity index (χ2n) is 4.58. The van der Waals surface area contributed by atoms with Gasteiger partial charge in [-0.15, -0.1) is 0 Å². The molecule has 0 fully saturated rings. The Labute approximate surface area is 123 Å². The highest BCUT2D eigenvalue weighted by Crippen LogP contribution is 2.29. The number of benzene rings is 1. The van der Waals surface area contributed by atoms with Gasteiger partial charge >= 0.3 is 0 Å². The molecule has 0 saturated carbocycles. The Morgan fingerprint density at radius 2 is 2.05 bits per heavy atom. The molecule has 2 rings (SSSR count). The first-order valence-electron chi connectivity index (χ1n) is 6.73. The molecule has 0 aliphatic carbocycles. The predicted octanol–water partition coefficient (Wildman–Crippen LogP) is 2.18. The maximum absolute atomic E-state index is 10.6. The van der Waals surface area contributed by atoms with E-state index in [0.717, 1.165) is 12.8 Å². The number of ether oxygens (including phenoxy) is 2. The molecule has 5 heteroatoms. The number of furan rings is 1. The van der Waals surface area contributed by atoms with E-state index in [1.807, 2.05) is 18.2 Å². The van der Waals surface area contributed by atoms with E-state index in [1.54, 1.807) is 13.2 Å². The van der Waals surface area contributed by atoms with Crippen molar-refractivity contribution in [1.82, 2.24) is 0 Å². The molecule has 0 aliphatic rings. The molecule has 0 spiro atoms. The highest BCUT2D eigenvalue weighted by molar-refractivity contribution is 5.82. The molecule has 1 aromatic carbocycles. The van der Waals surface area contributed by atoms with Crippen LogP contribution in [0.4, 0.5) is 0 Å². The van der Waals surface area contributed by atoms with Gasteiger partial charge in [0.15, 0.2) is 11.5 Å². The summed E-state index contributed by atoms with van der Waals surface area (Å²) in [4.78, 5) is 10.6. The summed E-state index contributed by atoms with van der Waals surface area (Å²) in [6.07, 6.45) is 2.03. The number of carbonyl (C=O) groups is 1. The molecule has 0 bridgehead atoms. The minimum Gasteiger partial charge on any atom is -0.542 e. The van der Waals surface area contributed by atoms with Crippen LogP contribution in [0.3, 0.4) is 0 Å². The molecule has 5 nitrogen and oxygen atoms in total. The number of carboxylic acid groups (broad SMARTS) is 1. The van der Waals surface area contributed by atoms with E-state index in [1.165, 1.54) is 11.6 Å². The van der Waals surface area contributed by atoms with Gasteiger partial charge in [0.25, 0.3) is 0 Å². The number of rotatable bonds is 7. The van der Waals surface area contributed by atoms with Crippen LogP contribution in [0, 0.1) is 0 Å². The van der Waals surface area contributed by atoms with E-state index in [9.17, 15) is 9.90 Å². The van der Waals surface area contributed by atoms with Crippen molar-refractivity contribution >= 4 is 5.97 Å². The second-order valence-corrected chi connectivity index (χ2v) is 4.58. The zero-order valence-corrected chi connectivity index (χ0v) is 12.0. The van der Waals surface area contributed by atoms with Crippen LogP contribution in [0.1, 0.15) is 35.2 Å². The van der Waals surface area contributed by atoms with Gasteiger partial charge in [-0.2, -0.15) is 0 Å². The topological polar surface area (TPSA) is 71.7 Å². The van der Waals surface area contributed by atoms with Crippen molar-refractivity contribution in [2.24, 2.45) is 0 Å². The lowest BCUT2D eigenvalue weighted by Crippen LogP contribution is -2.21. The van der Waals surface area contributed by atoms with E-state index in [2.05, 4.69) is 6.92 Å². The van der Waals surface area contributed by atoms with Gasteiger partial charge in [0.1, 0.15) is 24.1 Å². The highest BCUT2D eigenvalue weighted by atomic mass is 16.5. The first-order chi connectivity index (χ1) is 10.1. The van der Waals surface area contributed by atoms with Gasteiger partial charge in [-0.3, -0.25) is 0 Å². The van der Waals surface area contributed by atoms with Crippen molar-refractivity contribution in [3.05, 3.63) is 47.4 Å². The second kappa shape index (κ2) is 6.83. The summed E-state index contributed by atoms with van der Waals surface area (Å²) in [7, 11) is 1.58. The minimum absolute atomic E-state index is 0.122. The molecule has 0 atom stereocenters. The molecule has 0 N–H and O–H groups in total. The van der Waals surface area contributed by atoms with Gasteiger partial charge in [-0.1, -0.05) is 19.4 Å². The molecule has 0 aliphatic heterocycles. The largest absolute Gasteiger partial charge is 0.542 e. The molecule has 0 amide bonds.